The molecule has 4 atom stereocenters. The minimum absolute atomic E-state index is 0.773. The van der Waals surface area contributed by atoms with Crippen LogP contribution in [0.3, 0.4) is 0 Å². The van der Waals surface area contributed by atoms with Crippen LogP contribution in [-0.4, -0.2) is 61.7 Å². The highest BCUT2D eigenvalue weighted by atomic mass is 15.2. The molecule has 110 valence electrons. The molecule has 2 heterocycles. The van der Waals surface area contributed by atoms with Gasteiger partial charge in [-0.1, -0.05) is 13.3 Å². The highest BCUT2D eigenvalue weighted by Gasteiger charge is 2.40. The largest absolute Gasteiger partial charge is 0.312 e. The van der Waals surface area contributed by atoms with Gasteiger partial charge < -0.3 is 10.2 Å². The van der Waals surface area contributed by atoms with Gasteiger partial charge in [0.2, 0.25) is 0 Å². The van der Waals surface area contributed by atoms with Crippen LogP contribution in [0, 0.1) is 11.8 Å². The van der Waals surface area contributed by atoms with Crippen LogP contribution in [0.5, 0.6) is 0 Å². The molecule has 0 amide bonds. The Balaban J connectivity index is 1.60. The summed E-state index contributed by atoms with van der Waals surface area (Å²) in [6, 6.07) is 1.56. The molecule has 3 aliphatic rings. The lowest BCUT2D eigenvalue weighted by Crippen LogP contribution is -2.47. The molecule has 2 saturated heterocycles. The molecule has 2 aliphatic heterocycles. The van der Waals surface area contributed by atoms with Gasteiger partial charge in [0.1, 0.15) is 0 Å². The zero-order valence-corrected chi connectivity index (χ0v) is 12.8. The van der Waals surface area contributed by atoms with E-state index in [2.05, 4.69) is 29.1 Å². The minimum Gasteiger partial charge on any atom is -0.312 e. The van der Waals surface area contributed by atoms with Gasteiger partial charge in [-0.15, -0.1) is 0 Å². The van der Waals surface area contributed by atoms with Gasteiger partial charge >= 0.3 is 0 Å². The van der Waals surface area contributed by atoms with Crippen LogP contribution in [0.25, 0.3) is 0 Å². The summed E-state index contributed by atoms with van der Waals surface area (Å²) in [5.41, 5.74) is 0. The molecule has 1 aliphatic carbocycles. The first-order chi connectivity index (χ1) is 9.28. The Kier molecular flexibility index (Phi) is 4.45. The van der Waals surface area contributed by atoms with Gasteiger partial charge in [-0.05, 0) is 64.2 Å². The molecule has 0 spiro atoms. The predicted molar refractivity (Wildman–Crippen MR) is 80.4 cm³/mol. The average Bonchev–Trinajstić information content (AvgIpc) is 2.95. The summed E-state index contributed by atoms with van der Waals surface area (Å²) in [6.07, 6.45) is 7.08. The van der Waals surface area contributed by atoms with Crippen molar-refractivity contribution in [1.29, 1.82) is 0 Å². The maximum Gasteiger partial charge on any atom is 0.0226 e. The highest BCUT2D eigenvalue weighted by molar-refractivity contribution is 4.96. The fourth-order valence-corrected chi connectivity index (χ4v) is 4.68. The first kappa shape index (κ1) is 13.8. The van der Waals surface area contributed by atoms with E-state index in [0.717, 1.165) is 23.9 Å². The molecular formula is C16H31N3. The van der Waals surface area contributed by atoms with E-state index >= 15 is 0 Å². The van der Waals surface area contributed by atoms with Gasteiger partial charge in [0.15, 0.2) is 0 Å². The van der Waals surface area contributed by atoms with E-state index in [1.807, 2.05) is 0 Å². The average molecular weight is 265 g/mol. The van der Waals surface area contributed by atoms with E-state index in [4.69, 9.17) is 0 Å². The van der Waals surface area contributed by atoms with Crippen LogP contribution in [-0.2, 0) is 0 Å². The quantitative estimate of drug-likeness (QED) is 0.839. The summed E-state index contributed by atoms with van der Waals surface area (Å²) in [4.78, 5) is 5.32. The highest BCUT2D eigenvalue weighted by Crippen LogP contribution is 2.38. The van der Waals surface area contributed by atoms with Gasteiger partial charge in [0, 0.05) is 25.2 Å². The Morgan fingerprint density at radius 1 is 1.16 bits per heavy atom. The first-order valence-corrected chi connectivity index (χ1v) is 8.44. The number of nitrogens with zero attached hydrogens (tertiary/aromatic N) is 2. The van der Waals surface area contributed by atoms with Crippen molar-refractivity contribution in [2.45, 2.75) is 51.1 Å². The number of hydrogen-bond acceptors (Lipinski definition) is 3. The third-order valence-corrected chi connectivity index (χ3v) is 5.80. The van der Waals surface area contributed by atoms with Crippen molar-refractivity contribution < 1.29 is 0 Å². The molecule has 3 nitrogen and oxygen atoms in total. The molecule has 1 N–H and O–H groups in total. The Morgan fingerprint density at radius 2 is 2.05 bits per heavy atom. The number of rotatable bonds is 3. The lowest BCUT2D eigenvalue weighted by atomic mass is 9.93. The Bertz CT molecular complexity index is 294. The Morgan fingerprint density at radius 3 is 2.89 bits per heavy atom. The van der Waals surface area contributed by atoms with Crippen molar-refractivity contribution in [2.24, 2.45) is 11.8 Å². The van der Waals surface area contributed by atoms with E-state index in [0.29, 0.717) is 0 Å². The monoisotopic (exact) mass is 265 g/mol. The van der Waals surface area contributed by atoms with Crippen LogP contribution in [0.4, 0.5) is 0 Å². The molecule has 0 aromatic carbocycles. The topological polar surface area (TPSA) is 18.5 Å². The van der Waals surface area contributed by atoms with E-state index < -0.39 is 0 Å². The number of likely N-dealkylation sites (N-methyl/N-ethyl adjacent to an activating group) is 1. The van der Waals surface area contributed by atoms with E-state index in [1.54, 1.807) is 0 Å². The predicted octanol–water partition coefficient (Wildman–Crippen LogP) is 1.79. The molecule has 3 rings (SSSR count). The summed E-state index contributed by atoms with van der Waals surface area (Å²) >= 11 is 0. The van der Waals surface area contributed by atoms with Gasteiger partial charge in [0.05, 0.1) is 0 Å². The van der Waals surface area contributed by atoms with Gasteiger partial charge in [-0.2, -0.15) is 0 Å². The van der Waals surface area contributed by atoms with Crippen molar-refractivity contribution in [3.63, 3.8) is 0 Å². The van der Waals surface area contributed by atoms with E-state index in [1.165, 1.54) is 64.8 Å². The minimum atomic E-state index is 0.773. The SMILES string of the molecule is CCC1CN(C)CCCN1CC1NCC2CCCC21. The first-order valence-electron chi connectivity index (χ1n) is 8.44. The summed E-state index contributed by atoms with van der Waals surface area (Å²) in [5, 5.41) is 3.83. The van der Waals surface area contributed by atoms with Crippen LogP contribution in [0.15, 0.2) is 0 Å². The molecule has 0 aromatic heterocycles. The van der Waals surface area contributed by atoms with Crippen LogP contribution >= 0.6 is 0 Å². The maximum absolute atomic E-state index is 3.83. The van der Waals surface area contributed by atoms with Crippen molar-refractivity contribution in [2.75, 3.05) is 39.8 Å². The molecule has 3 heteroatoms. The lowest BCUT2D eigenvalue weighted by Gasteiger charge is -2.33. The zero-order chi connectivity index (χ0) is 13.2. The van der Waals surface area contributed by atoms with Crippen LogP contribution < -0.4 is 5.32 Å². The normalized spacial score (nSPS) is 41.4. The third-order valence-electron chi connectivity index (χ3n) is 5.80. The third kappa shape index (κ3) is 2.98. The Hall–Kier alpha value is -0.120. The number of fused-ring (bicyclic) bond motifs is 1. The number of hydrogen-bond donors (Lipinski definition) is 1. The summed E-state index contributed by atoms with van der Waals surface area (Å²) in [7, 11) is 2.28. The Labute approximate surface area is 118 Å². The molecule has 1 saturated carbocycles. The molecule has 0 radical (unpaired) electrons. The van der Waals surface area contributed by atoms with Crippen LogP contribution in [0.1, 0.15) is 39.0 Å². The summed E-state index contributed by atoms with van der Waals surface area (Å²) in [6.45, 7) is 8.79. The van der Waals surface area contributed by atoms with Crippen molar-refractivity contribution >= 4 is 0 Å². The van der Waals surface area contributed by atoms with E-state index in [-0.39, 0.29) is 0 Å². The molecule has 19 heavy (non-hydrogen) atoms. The second-order valence-electron chi connectivity index (χ2n) is 7.04. The molecular weight excluding hydrogens is 234 g/mol. The van der Waals surface area contributed by atoms with Crippen LogP contribution in [0.2, 0.25) is 0 Å². The summed E-state index contributed by atoms with van der Waals surface area (Å²) < 4.78 is 0. The molecule has 0 bridgehead atoms. The fraction of sp³-hybridized carbons (Fsp3) is 1.00. The summed E-state index contributed by atoms with van der Waals surface area (Å²) in [5.74, 6) is 1.98. The zero-order valence-electron chi connectivity index (χ0n) is 12.8. The molecule has 3 fully saturated rings. The molecule has 0 aromatic rings. The van der Waals surface area contributed by atoms with E-state index in [9.17, 15) is 0 Å². The smallest absolute Gasteiger partial charge is 0.0226 e. The van der Waals surface area contributed by atoms with Gasteiger partial charge in [0.25, 0.3) is 0 Å². The number of nitrogens with one attached hydrogen (secondary N) is 1. The fourth-order valence-electron chi connectivity index (χ4n) is 4.68. The maximum atomic E-state index is 3.83. The van der Waals surface area contributed by atoms with Crippen molar-refractivity contribution in [1.82, 2.24) is 15.1 Å². The second-order valence-corrected chi connectivity index (χ2v) is 7.04. The lowest BCUT2D eigenvalue weighted by molar-refractivity contribution is 0.158. The van der Waals surface area contributed by atoms with Crippen molar-refractivity contribution in [3.05, 3.63) is 0 Å². The van der Waals surface area contributed by atoms with Gasteiger partial charge in [-0.3, -0.25) is 4.90 Å². The van der Waals surface area contributed by atoms with Crippen molar-refractivity contribution in [3.8, 4) is 0 Å². The second kappa shape index (κ2) is 6.11. The van der Waals surface area contributed by atoms with Gasteiger partial charge in [-0.25, -0.2) is 0 Å². The molecule has 4 unspecified atom stereocenters. The standard InChI is InChI=1S/C16H31N3/c1-3-14-11-18(2)8-5-9-19(14)12-16-15-7-4-6-13(15)10-17-16/h13-17H,3-12H2,1-2H3.